The lowest BCUT2D eigenvalue weighted by Gasteiger charge is -2.13. The van der Waals surface area contributed by atoms with Crippen molar-refractivity contribution in [2.24, 2.45) is 0 Å². The largest absolute Gasteiger partial charge is 0.456 e. The zero-order valence-electron chi connectivity index (χ0n) is 15.5. The van der Waals surface area contributed by atoms with Crippen molar-refractivity contribution in [1.82, 2.24) is 0 Å². The molecule has 0 bridgehead atoms. The molecule has 0 fully saturated rings. The molecule has 0 radical (unpaired) electrons. The molecule has 0 saturated heterocycles. The van der Waals surface area contributed by atoms with Gasteiger partial charge in [0, 0.05) is 0 Å². The van der Waals surface area contributed by atoms with E-state index in [1.54, 1.807) is 36.4 Å². The highest BCUT2D eigenvalue weighted by Gasteiger charge is 2.17. The van der Waals surface area contributed by atoms with E-state index in [-0.39, 0.29) is 0 Å². The van der Waals surface area contributed by atoms with Crippen molar-refractivity contribution in [1.29, 1.82) is 0 Å². The molecule has 0 aliphatic heterocycles. The minimum absolute atomic E-state index is 0.325. The molecule has 0 aromatic heterocycles. The van der Waals surface area contributed by atoms with Gasteiger partial charge in [0.15, 0.2) is 11.5 Å². The van der Waals surface area contributed by atoms with Crippen LogP contribution in [0.15, 0.2) is 109 Å². The van der Waals surface area contributed by atoms with E-state index >= 15 is 0 Å². The van der Waals surface area contributed by atoms with Gasteiger partial charge >= 0.3 is 5.97 Å². The summed E-state index contributed by atoms with van der Waals surface area (Å²) in [5.74, 6) is 1.97. The van der Waals surface area contributed by atoms with Gasteiger partial charge in [0.2, 0.25) is 0 Å². The second kappa shape index (κ2) is 8.76. The van der Waals surface area contributed by atoms with Crippen LogP contribution in [0.1, 0.15) is 10.4 Å². The number of hydrogen-bond donors (Lipinski definition) is 0. The van der Waals surface area contributed by atoms with E-state index in [0.29, 0.717) is 34.3 Å². The standard InChI is InChI=1S/C25H18O4/c26-25(21-15-7-8-16-22(21)27-19-11-3-1-4-12-19)29-24-18-10-9-17-23(24)28-20-13-5-2-6-14-20/h1-18H. The minimum atomic E-state index is -0.527. The minimum Gasteiger partial charge on any atom is -0.456 e. The summed E-state index contributed by atoms with van der Waals surface area (Å²) in [5, 5.41) is 0. The van der Waals surface area contributed by atoms with E-state index in [2.05, 4.69) is 0 Å². The Morgan fingerprint density at radius 2 is 0.931 bits per heavy atom. The Morgan fingerprint density at radius 3 is 1.55 bits per heavy atom. The van der Waals surface area contributed by atoms with Crippen LogP contribution >= 0.6 is 0 Å². The van der Waals surface area contributed by atoms with Gasteiger partial charge in [-0.1, -0.05) is 60.7 Å². The fraction of sp³-hybridized carbons (Fsp3) is 0. The van der Waals surface area contributed by atoms with Gasteiger partial charge in [-0.05, 0) is 48.5 Å². The Balaban J connectivity index is 1.56. The summed E-state index contributed by atoms with van der Waals surface area (Å²) in [6.07, 6.45) is 0. The summed E-state index contributed by atoms with van der Waals surface area (Å²) in [4.78, 5) is 12.9. The van der Waals surface area contributed by atoms with E-state index in [1.807, 2.05) is 72.8 Å². The predicted molar refractivity (Wildman–Crippen MR) is 111 cm³/mol. The number of benzene rings is 4. The molecule has 4 aromatic carbocycles. The van der Waals surface area contributed by atoms with Crippen LogP contribution in [0.5, 0.6) is 28.7 Å². The van der Waals surface area contributed by atoms with Crippen molar-refractivity contribution in [3.8, 4) is 28.7 Å². The SMILES string of the molecule is O=C(Oc1ccccc1Oc1ccccc1)c1ccccc1Oc1ccccc1. The highest BCUT2D eigenvalue weighted by atomic mass is 16.6. The van der Waals surface area contributed by atoms with Crippen LogP contribution in [0, 0.1) is 0 Å². The first-order valence-electron chi connectivity index (χ1n) is 9.15. The number of hydrogen-bond acceptors (Lipinski definition) is 4. The summed E-state index contributed by atoms with van der Waals surface area (Å²) >= 11 is 0. The third-order valence-corrected chi connectivity index (χ3v) is 4.10. The van der Waals surface area contributed by atoms with Crippen LogP contribution in [0.2, 0.25) is 0 Å². The van der Waals surface area contributed by atoms with E-state index < -0.39 is 5.97 Å². The molecule has 142 valence electrons. The number of esters is 1. The van der Waals surface area contributed by atoms with Crippen LogP contribution in [-0.4, -0.2) is 5.97 Å². The summed E-state index contributed by atoms with van der Waals surface area (Å²) in [6, 6.07) is 32.6. The second-order valence-corrected chi connectivity index (χ2v) is 6.16. The zero-order chi connectivity index (χ0) is 19.9. The van der Waals surface area contributed by atoms with Gasteiger partial charge < -0.3 is 14.2 Å². The average Bonchev–Trinajstić information content (AvgIpc) is 2.77. The van der Waals surface area contributed by atoms with Gasteiger partial charge in [-0.3, -0.25) is 0 Å². The number of carbonyl (C=O) groups is 1. The van der Waals surface area contributed by atoms with Crippen molar-refractivity contribution in [2.45, 2.75) is 0 Å². The molecule has 4 heteroatoms. The quantitative estimate of drug-likeness (QED) is 0.282. The molecule has 0 aliphatic carbocycles. The first kappa shape index (κ1) is 18.3. The van der Waals surface area contributed by atoms with Crippen molar-refractivity contribution in [2.75, 3.05) is 0 Å². The molecule has 4 nitrogen and oxygen atoms in total. The monoisotopic (exact) mass is 382 g/mol. The highest BCUT2D eigenvalue weighted by Crippen LogP contribution is 2.33. The number of ether oxygens (including phenoxy) is 3. The van der Waals surface area contributed by atoms with Crippen molar-refractivity contribution >= 4 is 5.97 Å². The van der Waals surface area contributed by atoms with Gasteiger partial charge in [0.25, 0.3) is 0 Å². The number of carbonyl (C=O) groups excluding carboxylic acids is 1. The normalized spacial score (nSPS) is 10.2. The third kappa shape index (κ3) is 4.62. The van der Waals surface area contributed by atoms with Gasteiger partial charge in [-0.2, -0.15) is 0 Å². The fourth-order valence-electron chi connectivity index (χ4n) is 2.73. The predicted octanol–water partition coefficient (Wildman–Crippen LogP) is 6.49. The Kier molecular flexibility index (Phi) is 5.53. The van der Waals surface area contributed by atoms with Gasteiger partial charge in [0.1, 0.15) is 22.8 Å². The van der Waals surface area contributed by atoms with Crippen molar-refractivity contribution in [3.63, 3.8) is 0 Å². The highest BCUT2D eigenvalue weighted by molar-refractivity contribution is 5.94. The van der Waals surface area contributed by atoms with E-state index in [4.69, 9.17) is 14.2 Å². The molecule has 0 heterocycles. The Bertz CT molecular complexity index is 1090. The van der Waals surface area contributed by atoms with Gasteiger partial charge in [0.05, 0.1) is 0 Å². The van der Waals surface area contributed by atoms with Crippen LogP contribution in [0.25, 0.3) is 0 Å². The molecule has 0 N–H and O–H groups in total. The molecule has 0 saturated carbocycles. The van der Waals surface area contributed by atoms with Crippen molar-refractivity contribution in [3.05, 3.63) is 115 Å². The van der Waals surface area contributed by atoms with E-state index in [0.717, 1.165) is 0 Å². The zero-order valence-corrected chi connectivity index (χ0v) is 15.5. The second-order valence-electron chi connectivity index (χ2n) is 6.16. The summed E-state index contributed by atoms with van der Waals surface area (Å²) in [7, 11) is 0. The lowest BCUT2D eigenvalue weighted by Crippen LogP contribution is -2.10. The maximum atomic E-state index is 12.9. The van der Waals surface area contributed by atoms with Crippen LogP contribution in [0.3, 0.4) is 0 Å². The van der Waals surface area contributed by atoms with Crippen LogP contribution in [0.4, 0.5) is 0 Å². The van der Waals surface area contributed by atoms with Crippen molar-refractivity contribution < 1.29 is 19.0 Å². The molecule has 0 amide bonds. The lowest BCUT2D eigenvalue weighted by atomic mass is 10.2. The first-order chi connectivity index (χ1) is 14.3. The molecule has 0 aliphatic rings. The molecule has 0 spiro atoms. The fourth-order valence-corrected chi connectivity index (χ4v) is 2.73. The topological polar surface area (TPSA) is 44.8 Å². The maximum Gasteiger partial charge on any atom is 0.347 e. The molecule has 4 rings (SSSR count). The van der Waals surface area contributed by atoms with Gasteiger partial charge in [-0.15, -0.1) is 0 Å². The molecule has 29 heavy (non-hydrogen) atoms. The molecule has 4 aromatic rings. The molecular formula is C25H18O4. The first-order valence-corrected chi connectivity index (χ1v) is 9.15. The summed E-state index contributed by atoms with van der Waals surface area (Å²) in [5.41, 5.74) is 0.325. The number of para-hydroxylation sites is 5. The van der Waals surface area contributed by atoms with E-state index in [9.17, 15) is 4.79 Å². The number of rotatable bonds is 6. The average molecular weight is 382 g/mol. The lowest BCUT2D eigenvalue weighted by molar-refractivity contribution is 0.0728. The molecule has 0 atom stereocenters. The van der Waals surface area contributed by atoms with Crippen LogP contribution < -0.4 is 14.2 Å². The van der Waals surface area contributed by atoms with Gasteiger partial charge in [-0.25, -0.2) is 4.79 Å². The Morgan fingerprint density at radius 1 is 0.483 bits per heavy atom. The summed E-state index contributed by atoms with van der Waals surface area (Å²) in [6.45, 7) is 0. The van der Waals surface area contributed by atoms with Crippen LogP contribution in [-0.2, 0) is 0 Å². The molecule has 0 unspecified atom stereocenters. The van der Waals surface area contributed by atoms with E-state index in [1.165, 1.54) is 0 Å². The molecular weight excluding hydrogens is 364 g/mol. The Labute approximate surface area is 168 Å². The third-order valence-electron chi connectivity index (χ3n) is 4.10. The smallest absolute Gasteiger partial charge is 0.347 e. The maximum absolute atomic E-state index is 12.9. The summed E-state index contributed by atoms with van der Waals surface area (Å²) < 4.78 is 17.4. The Hall–Kier alpha value is -4.05.